The highest BCUT2D eigenvalue weighted by Gasteiger charge is 2.22. The van der Waals surface area contributed by atoms with E-state index in [2.05, 4.69) is 25.3 Å². The van der Waals surface area contributed by atoms with E-state index < -0.39 is 0 Å². The van der Waals surface area contributed by atoms with Crippen LogP contribution >= 0.6 is 0 Å². The summed E-state index contributed by atoms with van der Waals surface area (Å²) in [5.41, 5.74) is 0. The third-order valence-corrected chi connectivity index (χ3v) is 2.17. The van der Waals surface area contributed by atoms with Crippen LogP contribution in [0.2, 0.25) is 0 Å². The molecule has 0 saturated heterocycles. The molecule has 0 fully saturated rings. The normalized spacial score (nSPS) is 26.0. The third kappa shape index (κ3) is 3.48. The molecule has 0 amide bonds. The van der Waals surface area contributed by atoms with Gasteiger partial charge in [0.05, 0.1) is 25.4 Å². The quantitative estimate of drug-likeness (QED) is 0.605. The molecule has 0 unspecified atom stereocenters. The molecule has 0 N–H and O–H groups in total. The molecule has 1 rings (SSSR count). The number of hydrogen-bond donors (Lipinski definition) is 0. The van der Waals surface area contributed by atoms with Gasteiger partial charge in [-0.3, -0.25) is 0 Å². The molecule has 0 aliphatic heterocycles. The first-order chi connectivity index (χ1) is 6.88. The zero-order valence-electron chi connectivity index (χ0n) is 8.52. The van der Waals surface area contributed by atoms with Crippen LogP contribution in [0.5, 0.6) is 0 Å². The van der Waals surface area contributed by atoms with Crippen LogP contribution in [0.4, 0.5) is 0 Å². The Bertz CT molecular complexity index is 186. The van der Waals surface area contributed by atoms with Crippen molar-refractivity contribution in [2.24, 2.45) is 0 Å². The molecular weight excluding hydrogens is 176 g/mol. The third-order valence-electron chi connectivity index (χ3n) is 2.17. The van der Waals surface area contributed by atoms with Crippen molar-refractivity contribution in [1.29, 1.82) is 0 Å². The molecule has 0 aromatic heterocycles. The van der Waals surface area contributed by atoms with Gasteiger partial charge in [-0.15, -0.1) is 13.2 Å². The summed E-state index contributed by atoms with van der Waals surface area (Å²) < 4.78 is 11.2. The summed E-state index contributed by atoms with van der Waals surface area (Å²) in [6, 6.07) is 0. The maximum atomic E-state index is 5.61. The van der Waals surface area contributed by atoms with Crippen molar-refractivity contribution in [3.63, 3.8) is 0 Å². The predicted octanol–water partition coefficient (Wildman–Crippen LogP) is 2.48. The van der Waals surface area contributed by atoms with Gasteiger partial charge in [-0.05, 0) is 12.8 Å². The van der Waals surface area contributed by atoms with Gasteiger partial charge < -0.3 is 9.47 Å². The Hall–Kier alpha value is -0.860. The highest BCUT2D eigenvalue weighted by atomic mass is 16.5. The Labute approximate surface area is 85.9 Å². The highest BCUT2D eigenvalue weighted by Crippen LogP contribution is 2.18. The summed E-state index contributed by atoms with van der Waals surface area (Å²) >= 11 is 0. The first-order valence-corrected chi connectivity index (χ1v) is 4.98. The van der Waals surface area contributed by atoms with Crippen LogP contribution in [0.1, 0.15) is 12.8 Å². The van der Waals surface area contributed by atoms with E-state index in [1.54, 1.807) is 12.2 Å². The van der Waals surface area contributed by atoms with Crippen molar-refractivity contribution in [1.82, 2.24) is 0 Å². The molecule has 78 valence electrons. The summed E-state index contributed by atoms with van der Waals surface area (Å²) in [6.07, 6.45) is 10.00. The van der Waals surface area contributed by atoms with Crippen molar-refractivity contribution < 1.29 is 9.47 Å². The van der Waals surface area contributed by atoms with Crippen LogP contribution in [0.15, 0.2) is 37.5 Å². The van der Waals surface area contributed by atoms with Crippen LogP contribution in [0, 0.1) is 0 Å². The van der Waals surface area contributed by atoms with Gasteiger partial charge in [0.1, 0.15) is 0 Å². The smallest absolute Gasteiger partial charge is 0.0878 e. The van der Waals surface area contributed by atoms with Gasteiger partial charge in [0.2, 0.25) is 0 Å². The molecule has 2 heteroatoms. The second kappa shape index (κ2) is 6.57. The van der Waals surface area contributed by atoms with Crippen molar-refractivity contribution in [2.75, 3.05) is 13.2 Å². The summed E-state index contributed by atoms with van der Waals surface area (Å²) in [4.78, 5) is 0. The Kier molecular flexibility index (Phi) is 5.27. The number of rotatable bonds is 6. The lowest BCUT2D eigenvalue weighted by atomic mass is 10.0. The maximum absolute atomic E-state index is 5.61. The van der Waals surface area contributed by atoms with E-state index in [9.17, 15) is 0 Å². The maximum Gasteiger partial charge on any atom is 0.0878 e. The van der Waals surface area contributed by atoms with Gasteiger partial charge in [0.15, 0.2) is 0 Å². The average molecular weight is 194 g/mol. The lowest BCUT2D eigenvalue weighted by Gasteiger charge is -2.27. The first kappa shape index (κ1) is 11.2. The zero-order valence-corrected chi connectivity index (χ0v) is 8.52. The standard InChI is InChI=1S/C12H18O2/c1-3-9-13-11-7-5-6-8-12(11)14-10-4-2/h3-6,11-12H,1-2,7-10H2/t11-,12+. The van der Waals surface area contributed by atoms with Gasteiger partial charge in [0.25, 0.3) is 0 Å². The lowest BCUT2D eigenvalue weighted by Crippen LogP contribution is -2.33. The molecule has 0 radical (unpaired) electrons. The topological polar surface area (TPSA) is 18.5 Å². The van der Waals surface area contributed by atoms with Crippen LogP contribution in [-0.2, 0) is 9.47 Å². The van der Waals surface area contributed by atoms with Gasteiger partial charge in [-0.25, -0.2) is 0 Å². The minimum Gasteiger partial charge on any atom is -0.371 e. The van der Waals surface area contributed by atoms with E-state index in [-0.39, 0.29) is 12.2 Å². The Morgan fingerprint density at radius 3 is 1.79 bits per heavy atom. The predicted molar refractivity (Wildman–Crippen MR) is 58.2 cm³/mol. The van der Waals surface area contributed by atoms with Crippen LogP contribution in [-0.4, -0.2) is 25.4 Å². The Balaban J connectivity index is 2.38. The number of ether oxygens (including phenoxy) is 2. The zero-order chi connectivity index (χ0) is 10.2. The molecule has 1 aliphatic rings. The summed E-state index contributed by atoms with van der Waals surface area (Å²) in [5.74, 6) is 0. The van der Waals surface area contributed by atoms with E-state index in [0.29, 0.717) is 13.2 Å². The molecule has 0 aromatic carbocycles. The van der Waals surface area contributed by atoms with Gasteiger partial charge >= 0.3 is 0 Å². The van der Waals surface area contributed by atoms with Gasteiger partial charge in [0, 0.05) is 0 Å². The molecule has 1 aliphatic carbocycles. The van der Waals surface area contributed by atoms with Crippen molar-refractivity contribution >= 4 is 0 Å². The molecule has 0 bridgehead atoms. The minimum atomic E-state index is 0.165. The molecule has 14 heavy (non-hydrogen) atoms. The largest absolute Gasteiger partial charge is 0.371 e. The molecular formula is C12H18O2. The number of hydrogen-bond acceptors (Lipinski definition) is 2. The van der Waals surface area contributed by atoms with Gasteiger partial charge in [-0.1, -0.05) is 24.3 Å². The van der Waals surface area contributed by atoms with E-state index in [0.717, 1.165) is 12.8 Å². The van der Waals surface area contributed by atoms with Crippen LogP contribution < -0.4 is 0 Å². The second-order valence-electron chi connectivity index (χ2n) is 3.26. The highest BCUT2D eigenvalue weighted by molar-refractivity contribution is 4.97. The first-order valence-electron chi connectivity index (χ1n) is 4.98. The summed E-state index contributed by atoms with van der Waals surface area (Å²) in [5, 5.41) is 0. The lowest BCUT2D eigenvalue weighted by molar-refractivity contribution is -0.0581. The SMILES string of the molecule is C=CCO[C@H]1CC=CC[C@H]1OCC=C. The Morgan fingerprint density at radius 1 is 1.00 bits per heavy atom. The van der Waals surface area contributed by atoms with Crippen molar-refractivity contribution in [2.45, 2.75) is 25.0 Å². The Morgan fingerprint density at radius 2 is 1.43 bits per heavy atom. The van der Waals surface area contributed by atoms with E-state index >= 15 is 0 Å². The molecule has 0 saturated carbocycles. The van der Waals surface area contributed by atoms with Crippen LogP contribution in [0.25, 0.3) is 0 Å². The second-order valence-corrected chi connectivity index (χ2v) is 3.26. The molecule has 0 heterocycles. The summed E-state index contributed by atoms with van der Waals surface area (Å²) in [6.45, 7) is 8.44. The molecule has 0 spiro atoms. The van der Waals surface area contributed by atoms with Crippen LogP contribution in [0.3, 0.4) is 0 Å². The fourth-order valence-electron chi connectivity index (χ4n) is 1.50. The monoisotopic (exact) mass is 194 g/mol. The van der Waals surface area contributed by atoms with Crippen molar-refractivity contribution in [3.05, 3.63) is 37.5 Å². The molecule has 0 aromatic rings. The van der Waals surface area contributed by atoms with Crippen molar-refractivity contribution in [3.8, 4) is 0 Å². The van der Waals surface area contributed by atoms with Gasteiger partial charge in [-0.2, -0.15) is 0 Å². The fourth-order valence-corrected chi connectivity index (χ4v) is 1.50. The minimum absolute atomic E-state index is 0.165. The average Bonchev–Trinajstić information content (AvgIpc) is 2.24. The fraction of sp³-hybridized carbons (Fsp3) is 0.500. The molecule has 2 atom stereocenters. The molecule has 2 nitrogen and oxygen atoms in total. The summed E-state index contributed by atoms with van der Waals surface area (Å²) in [7, 11) is 0. The van der Waals surface area contributed by atoms with E-state index in [1.165, 1.54) is 0 Å². The van der Waals surface area contributed by atoms with E-state index in [4.69, 9.17) is 9.47 Å². The van der Waals surface area contributed by atoms with E-state index in [1.807, 2.05) is 0 Å².